The minimum absolute atomic E-state index is 0.446. The average molecular weight is 368 g/mol. The molecule has 0 fully saturated rings. The van der Waals surface area contributed by atoms with E-state index in [9.17, 15) is 0 Å². The lowest BCUT2D eigenvalue weighted by molar-refractivity contribution is 0.355. The summed E-state index contributed by atoms with van der Waals surface area (Å²) in [6.45, 7) is 0.707. The predicted octanol–water partition coefficient (Wildman–Crippen LogP) is 3.76. The van der Waals surface area contributed by atoms with Crippen LogP contribution in [-0.2, 0) is 6.54 Å². The number of methoxy groups -OCH3 is 2. The summed E-state index contributed by atoms with van der Waals surface area (Å²) in [7, 11) is 3.19. The Hall–Kier alpha value is -3.06. The third-order valence-corrected chi connectivity index (χ3v) is 3.92. The summed E-state index contributed by atoms with van der Waals surface area (Å²) in [5.74, 6) is 1.97. The standard InChI is InChI=1S/C19H20N4O2S/c1-24-16-9-8-15(12-17(16)25-2)20-19(26)21-18-10-11-23(22-18)13-14-6-4-3-5-7-14/h3-12H,13H2,1-2H3,(H2,20,21,22,26). The minimum atomic E-state index is 0.446. The number of benzene rings is 2. The highest BCUT2D eigenvalue weighted by molar-refractivity contribution is 7.80. The molecular weight excluding hydrogens is 348 g/mol. The van der Waals surface area contributed by atoms with E-state index in [0.29, 0.717) is 29.0 Å². The molecule has 0 unspecified atom stereocenters. The summed E-state index contributed by atoms with van der Waals surface area (Å²) in [4.78, 5) is 0. The monoisotopic (exact) mass is 368 g/mol. The van der Waals surface area contributed by atoms with Crippen LogP contribution < -0.4 is 20.1 Å². The Morgan fingerprint density at radius 1 is 1.00 bits per heavy atom. The first-order valence-corrected chi connectivity index (χ1v) is 8.46. The van der Waals surface area contributed by atoms with Gasteiger partial charge in [-0.3, -0.25) is 4.68 Å². The van der Waals surface area contributed by atoms with Gasteiger partial charge in [0, 0.05) is 24.0 Å². The summed E-state index contributed by atoms with van der Waals surface area (Å²) in [6.07, 6.45) is 1.91. The number of anilines is 2. The molecule has 6 nitrogen and oxygen atoms in total. The molecule has 2 N–H and O–H groups in total. The number of rotatable bonds is 6. The maximum atomic E-state index is 5.35. The smallest absolute Gasteiger partial charge is 0.176 e. The van der Waals surface area contributed by atoms with Crippen LogP contribution in [0, 0.1) is 0 Å². The fourth-order valence-electron chi connectivity index (χ4n) is 2.48. The molecule has 7 heteroatoms. The number of thiocarbonyl (C=S) groups is 1. The number of hydrogen-bond acceptors (Lipinski definition) is 4. The summed E-state index contributed by atoms with van der Waals surface area (Å²) in [6, 6.07) is 17.5. The Morgan fingerprint density at radius 3 is 2.50 bits per heavy atom. The van der Waals surface area contributed by atoms with Crippen LogP contribution in [-0.4, -0.2) is 29.1 Å². The van der Waals surface area contributed by atoms with Crippen molar-refractivity contribution >= 4 is 28.8 Å². The molecule has 2 aromatic carbocycles. The molecule has 1 aromatic heterocycles. The van der Waals surface area contributed by atoms with Gasteiger partial charge in [-0.25, -0.2) is 0 Å². The van der Waals surface area contributed by atoms with E-state index in [2.05, 4.69) is 27.9 Å². The van der Waals surface area contributed by atoms with E-state index >= 15 is 0 Å². The van der Waals surface area contributed by atoms with Gasteiger partial charge in [-0.1, -0.05) is 30.3 Å². The van der Waals surface area contributed by atoms with Crippen molar-refractivity contribution in [1.29, 1.82) is 0 Å². The molecule has 0 aliphatic rings. The lowest BCUT2D eigenvalue weighted by Crippen LogP contribution is -2.19. The Kier molecular flexibility index (Phi) is 5.70. The van der Waals surface area contributed by atoms with Crippen LogP contribution >= 0.6 is 12.2 Å². The Labute approximate surface area is 157 Å². The van der Waals surface area contributed by atoms with Gasteiger partial charge in [-0.15, -0.1) is 0 Å². The van der Waals surface area contributed by atoms with E-state index in [-0.39, 0.29) is 0 Å². The van der Waals surface area contributed by atoms with Gasteiger partial charge in [0.05, 0.1) is 20.8 Å². The molecule has 0 saturated carbocycles. The SMILES string of the molecule is COc1ccc(NC(=S)Nc2ccn(Cc3ccccc3)n2)cc1OC. The summed E-state index contributed by atoms with van der Waals surface area (Å²) < 4.78 is 12.4. The molecule has 0 bridgehead atoms. The van der Waals surface area contributed by atoms with Crippen molar-refractivity contribution in [1.82, 2.24) is 9.78 Å². The van der Waals surface area contributed by atoms with Crippen LogP contribution in [0.5, 0.6) is 11.5 Å². The van der Waals surface area contributed by atoms with E-state index in [1.807, 2.05) is 53.3 Å². The van der Waals surface area contributed by atoms with Crippen LogP contribution in [0.3, 0.4) is 0 Å². The molecular formula is C19H20N4O2S. The maximum Gasteiger partial charge on any atom is 0.176 e. The highest BCUT2D eigenvalue weighted by Gasteiger charge is 2.07. The number of nitrogens with one attached hydrogen (secondary N) is 2. The van der Waals surface area contributed by atoms with E-state index in [1.165, 1.54) is 5.56 Å². The van der Waals surface area contributed by atoms with Crippen molar-refractivity contribution in [3.05, 3.63) is 66.4 Å². The van der Waals surface area contributed by atoms with E-state index in [4.69, 9.17) is 21.7 Å². The van der Waals surface area contributed by atoms with Crippen LogP contribution in [0.1, 0.15) is 5.56 Å². The molecule has 0 aliphatic carbocycles. The molecule has 0 spiro atoms. The lowest BCUT2D eigenvalue weighted by Gasteiger charge is -2.12. The molecule has 0 saturated heterocycles. The fraction of sp³-hybridized carbons (Fsp3) is 0.158. The third-order valence-electron chi connectivity index (χ3n) is 3.71. The zero-order valence-corrected chi connectivity index (χ0v) is 15.4. The van der Waals surface area contributed by atoms with Gasteiger partial charge in [-0.05, 0) is 29.9 Å². The van der Waals surface area contributed by atoms with Crippen LogP contribution in [0.2, 0.25) is 0 Å². The van der Waals surface area contributed by atoms with Crippen LogP contribution in [0.15, 0.2) is 60.8 Å². The second-order valence-corrected chi connectivity index (χ2v) is 5.94. The van der Waals surface area contributed by atoms with Crippen molar-refractivity contribution in [3.63, 3.8) is 0 Å². The van der Waals surface area contributed by atoms with Gasteiger partial charge >= 0.3 is 0 Å². The summed E-state index contributed by atoms with van der Waals surface area (Å²) in [5.41, 5.74) is 1.98. The maximum absolute atomic E-state index is 5.35. The molecule has 1 heterocycles. The first kappa shape index (κ1) is 17.8. The van der Waals surface area contributed by atoms with Gasteiger partial charge in [0.15, 0.2) is 22.4 Å². The largest absolute Gasteiger partial charge is 0.493 e. The Balaban J connectivity index is 1.60. The van der Waals surface area contributed by atoms with Crippen molar-refractivity contribution in [3.8, 4) is 11.5 Å². The van der Waals surface area contributed by atoms with Crippen molar-refractivity contribution in [2.45, 2.75) is 6.54 Å². The van der Waals surface area contributed by atoms with Crippen LogP contribution in [0.4, 0.5) is 11.5 Å². The molecule has 134 valence electrons. The molecule has 26 heavy (non-hydrogen) atoms. The average Bonchev–Trinajstić information content (AvgIpc) is 3.09. The first-order valence-electron chi connectivity index (χ1n) is 8.05. The van der Waals surface area contributed by atoms with E-state index in [1.54, 1.807) is 14.2 Å². The van der Waals surface area contributed by atoms with Crippen LogP contribution in [0.25, 0.3) is 0 Å². The molecule has 3 rings (SSSR count). The van der Waals surface area contributed by atoms with Gasteiger partial charge < -0.3 is 20.1 Å². The molecule has 0 radical (unpaired) electrons. The van der Waals surface area contributed by atoms with E-state index in [0.717, 1.165) is 5.69 Å². The summed E-state index contributed by atoms with van der Waals surface area (Å²) in [5, 5.41) is 11.1. The topological polar surface area (TPSA) is 60.3 Å². The number of nitrogens with zero attached hydrogens (tertiary/aromatic N) is 2. The van der Waals surface area contributed by atoms with E-state index < -0.39 is 0 Å². The fourth-order valence-corrected chi connectivity index (χ4v) is 2.70. The van der Waals surface area contributed by atoms with Crippen molar-refractivity contribution < 1.29 is 9.47 Å². The van der Waals surface area contributed by atoms with Gasteiger partial charge in [0.25, 0.3) is 0 Å². The van der Waals surface area contributed by atoms with Gasteiger partial charge in [0.2, 0.25) is 0 Å². The minimum Gasteiger partial charge on any atom is -0.493 e. The quantitative estimate of drug-likeness (QED) is 0.646. The zero-order chi connectivity index (χ0) is 18.4. The molecule has 0 amide bonds. The Bertz CT molecular complexity index is 880. The zero-order valence-electron chi connectivity index (χ0n) is 14.6. The highest BCUT2D eigenvalue weighted by atomic mass is 32.1. The second-order valence-electron chi connectivity index (χ2n) is 5.53. The number of ether oxygens (including phenoxy) is 2. The first-order chi connectivity index (χ1) is 12.7. The second kappa shape index (κ2) is 8.35. The number of aromatic nitrogens is 2. The van der Waals surface area contributed by atoms with Crippen molar-refractivity contribution in [2.24, 2.45) is 0 Å². The lowest BCUT2D eigenvalue weighted by atomic mass is 10.2. The highest BCUT2D eigenvalue weighted by Crippen LogP contribution is 2.29. The third kappa shape index (κ3) is 4.52. The Morgan fingerprint density at radius 2 is 1.77 bits per heavy atom. The molecule has 0 aliphatic heterocycles. The molecule has 0 atom stereocenters. The normalized spacial score (nSPS) is 10.2. The number of hydrogen-bond donors (Lipinski definition) is 2. The predicted molar refractivity (Wildman–Crippen MR) is 107 cm³/mol. The van der Waals surface area contributed by atoms with Crippen molar-refractivity contribution in [2.75, 3.05) is 24.9 Å². The van der Waals surface area contributed by atoms with Gasteiger partial charge in [-0.2, -0.15) is 5.10 Å². The van der Waals surface area contributed by atoms with Gasteiger partial charge in [0.1, 0.15) is 0 Å². The molecule has 3 aromatic rings. The summed E-state index contributed by atoms with van der Waals surface area (Å²) >= 11 is 5.35.